The van der Waals surface area contributed by atoms with E-state index in [2.05, 4.69) is 4.74 Å². The number of rotatable bonds is 7. The van der Waals surface area contributed by atoms with E-state index in [4.69, 9.17) is 20.0 Å². The molecule has 1 saturated heterocycles. The Kier molecular flexibility index (Phi) is 6.25. The van der Waals surface area contributed by atoms with Crippen LogP contribution in [0.3, 0.4) is 0 Å². The first-order valence-electron chi connectivity index (χ1n) is 6.81. The van der Waals surface area contributed by atoms with Gasteiger partial charge in [-0.3, -0.25) is 4.84 Å². The standard InChI is InChI=1S/C14H20N2O6/c1-19-13(18)12(11(17)7-15)20-8-16-9-21-14(22-16)10-5-3-2-4-6-10/h2-6,11-12,14,17H,7-9,15H2,1H3. The Labute approximate surface area is 128 Å². The maximum atomic E-state index is 11.5. The molecule has 0 aliphatic carbocycles. The predicted molar refractivity (Wildman–Crippen MR) is 74.9 cm³/mol. The largest absolute Gasteiger partial charge is 0.467 e. The quantitative estimate of drug-likeness (QED) is 0.664. The molecule has 0 bridgehead atoms. The van der Waals surface area contributed by atoms with Gasteiger partial charge in [-0.1, -0.05) is 30.3 Å². The second-order valence-electron chi connectivity index (χ2n) is 4.67. The zero-order valence-electron chi connectivity index (χ0n) is 12.3. The Morgan fingerprint density at radius 3 is 2.86 bits per heavy atom. The smallest absolute Gasteiger partial charge is 0.337 e. The fourth-order valence-corrected chi connectivity index (χ4v) is 1.92. The maximum absolute atomic E-state index is 11.5. The van der Waals surface area contributed by atoms with Crippen molar-refractivity contribution in [2.75, 3.05) is 27.1 Å². The number of esters is 1. The predicted octanol–water partition coefficient (Wildman–Crippen LogP) is -0.258. The second-order valence-corrected chi connectivity index (χ2v) is 4.67. The highest BCUT2D eigenvalue weighted by Crippen LogP contribution is 2.25. The van der Waals surface area contributed by atoms with Crippen LogP contribution in [0.1, 0.15) is 11.9 Å². The summed E-state index contributed by atoms with van der Waals surface area (Å²) in [6.45, 7) is -0.0178. The number of aliphatic hydroxyl groups is 1. The number of hydrogen-bond acceptors (Lipinski definition) is 8. The van der Waals surface area contributed by atoms with Crippen molar-refractivity contribution in [2.24, 2.45) is 5.73 Å². The molecule has 1 fully saturated rings. The number of carbonyl (C=O) groups excluding carboxylic acids is 1. The Morgan fingerprint density at radius 1 is 1.50 bits per heavy atom. The molecule has 3 atom stereocenters. The van der Waals surface area contributed by atoms with Crippen LogP contribution in [0.2, 0.25) is 0 Å². The molecule has 0 spiro atoms. The summed E-state index contributed by atoms with van der Waals surface area (Å²) in [7, 11) is 1.21. The molecular weight excluding hydrogens is 292 g/mol. The summed E-state index contributed by atoms with van der Waals surface area (Å²) in [5, 5.41) is 11.1. The van der Waals surface area contributed by atoms with Gasteiger partial charge < -0.3 is 25.1 Å². The normalized spacial score (nSPS) is 21.5. The van der Waals surface area contributed by atoms with Crippen molar-refractivity contribution in [3.05, 3.63) is 35.9 Å². The van der Waals surface area contributed by atoms with Crippen LogP contribution in [0.25, 0.3) is 0 Å². The number of ether oxygens (including phenoxy) is 3. The molecule has 2 rings (SSSR count). The van der Waals surface area contributed by atoms with Crippen LogP contribution < -0.4 is 5.73 Å². The van der Waals surface area contributed by atoms with Gasteiger partial charge in [0.05, 0.1) is 7.11 Å². The van der Waals surface area contributed by atoms with Gasteiger partial charge in [0.2, 0.25) is 6.29 Å². The topological polar surface area (TPSA) is 103 Å². The lowest BCUT2D eigenvalue weighted by atomic mass is 10.2. The number of aliphatic hydroxyl groups excluding tert-OH is 1. The van der Waals surface area contributed by atoms with Gasteiger partial charge in [0, 0.05) is 12.1 Å². The summed E-state index contributed by atoms with van der Waals surface area (Å²) in [6.07, 6.45) is -2.85. The van der Waals surface area contributed by atoms with E-state index in [-0.39, 0.29) is 20.0 Å². The van der Waals surface area contributed by atoms with Gasteiger partial charge in [-0.05, 0) is 0 Å². The van der Waals surface area contributed by atoms with Crippen LogP contribution in [0.15, 0.2) is 30.3 Å². The molecule has 0 saturated carbocycles. The number of nitrogens with zero attached hydrogens (tertiary/aromatic N) is 1. The molecule has 3 unspecified atom stereocenters. The number of benzene rings is 1. The summed E-state index contributed by atoms with van der Waals surface area (Å²) in [4.78, 5) is 17.1. The molecular formula is C14H20N2O6. The second kappa shape index (κ2) is 8.18. The van der Waals surface area contributed by atoms with E-state index in [1.54, 1.807) is 0 Å². The lowest BCUT2D eigenvalue weighted by molar-refractivity contribution is -0.223. The minimum absolute atomic E-state index is 0.0693. The molecule has 3 N–H and O–H groups in total. The average molecular weight is 312 g/mol. The van der Waals surface area contributed by atoms with E-state index in [0.717, 1.165) is 5.56 Å². The molecule has 8 nitrogen and oxygen atoms in total. The van der Waals surface area contributed by atoms with E-state index < -0.39 is 24.5 Å². The van der Waals surface area contributed by atoms with Crippen molar-refractivity contribution < 1.29 is 28.9 Å². The molecule has 0 radical (unpaired) electrons. The first-order valence-corrected chi connectivity index (χ1v) is 6.81. The third kappa shape index (κ3) is 4.23. The van der Waals surface area contributed by atoms with Crippen LogP contribution in [0.4, 0.5) is 0 Å². The molecule has 8 heteroatoms. The van der Waals surface area contributed by atoms with Crippen LogP contribution in [-0.4, -0.2) is 55.5 Å². The highest BCUT2D eigenvalue weighted by molar-refractivity contribution is 5.75. The monoisotopic (exact) mass is 312 g/mol. The zero-order valence-corrected chi connectivity index (χ0v) is 12.3. The van der Waals surface area contributed by atoms with Crippen molar-refractivity contribution in [1.29, 1.82) is 0 Å². The first kappa shape index (κ1) is 16.8. The van der Waals surface area contributed by atoms with E-state index in [1.807, 2.05) is 30.3 Å². The fourth-order valence-electron chi connectivity index (χ4n) is 1.92. The van der Waals surface area contributed by atoms with Gasteiger partial charge in [-0.25, -0.2) is 4.79 Å². The lowest BCUT2D eigenvalue weighted by Crippen LogP contribution is -2.43. The number of hydroxylamine groups is 2. The third-order valence-corrected chi connectivity index (χ3v) is 3.11. The highest BCUT2D eigenvalue weighted by Gasteiger charge is 2.31. The van der Waals surface area contributed by atoms with E-state index in [0.29, 0.717) is 0 Å². The van der Waals surface area contributed by atoms with Crippen molar-refractivity contribution in [3.8, 4) is 0 Å². The summed E-state index contributed by atoms with van der Waals surface area (Å²) >= 11 is 0. The van der Waals surface area contributed by atoms with E-state index in [9.17, 15) is 9.90 Å². The molecule has 1 aromatic carbocycles. The Hall–Kier alpha value is -1.55. The van der Waals surface area contributed by atoms with Crippen LogP contribution in [0.5, 0.6) is 0 Å². The van der Waals surface area contributed by atoms with Crippen molar-refractivity contribution in [1.82, 2.24) is 5.06 Å². The van der Waals surface area contributed by atoms with Gasteiger partial charge in [0.15, 0.2) is 6.10 Å². The van der Waals surface area contributed by atoms with Gasteiger partial charge in [0.25, 0.3) is 0 Å². The van der Waals surface area contributed by atoms with Crippen LogP contribution >= 0.6 is 0 Å². The Bertz CT molecular complexity index is 472. The van der Waals surface area contributed by atoms with Crippen molar-refractivity contribution in [2.45, 2.75) is 18.5 Å². The number of nitrogens with two attached hydrogens (primary N) is 1. The first-order chi connectivity index (χ1) is 10.7. The number of hydrogen-bond donors (Lipinski definition) is 2. The Morgan fingerprint density at radius 2 is 2.23 bits per heavy atom. The Balaban J connectivity index is 1.85. The molecule has 0 aromatic heterocycles. The molecule has 1 aliphatic rings. The summed E-state index contributed by atoms with van der Waals surface area (Å²) in [5.74, 6) is -0.697. The maximum Gasteiger partial charge on any atom is 0.337 e. The van der Waals surface area contributed by atoms with Gasteiger partial charge in [0.1, 0.15) is 19.6 Å². The number of methoxy groups -OCH3 is 1. The van der Waals surface area contributed by atoms with E-state index >= 15 is 0 Å². The number of carbonyl (C=O) groups is 1. The summed E-state index contributed by atoms with van der Waals surface area (Å²) in [6, 6.07) is 9.42. The molecule has 1 aromatic rings. The van der Waals surface area contributed by atoms with Gasteiger partial charge >= 0.3 is 5.97 Å². The average Bonchev–Trinajstić information content (AvgIpc) is 3.04. The van der Waals surface area contributed by atoms with Crippen LogP contribution in [0, 0.1) is 0 Å². The molecule has 1 heterocycles. The molecule has 122 valence electrons. The summed E-state index contributed by atoms with van der Waals surface area (Å²) < 4.78 is 15.4. The molecule has 0 amide bonds. The van der Waals surface area contributed by atoms with Crippen LogP contribution in [-0.2, 0) is 23.8 Å². The minimum atomic E-state index is -1.17. The molecule has 22 heavy (non-hydrogen) atoms. The van der Waals surface area contributed by atoms with E-state index in [1.165, 1.54) is 12.2 Å². The van der Waals surface area contributed by atoms with Crippen molar-refractivity contribution in [3.63, 3.8) is 0 Å². The highest BCUT2D eigenvalue weighted by atomic mass is 16.9. The molecule has 1 aliphatic heterocycles. The minimum Gasteiger partial charge on any atom is -0.467 e. The zero-order chi connectivity index (χ0) is 15.9. The van der Waals surface area contributed by atoms with Gasteiger partial charge in [-0.2, -0.15) is 0 Å². The fraction of sp³-hybridized carbons (Fsp3) is 0.500. The van der Waals surface area contributed by atoms with Gasteiger partial charge in [-0.15, -0.1) is 5.06 Å². The SMILES string of the molecule is COC(=O)C(OCN1COC(c2ccccc2)O1)C(O)CN. The van der Waals surface area contributed by atoms with Crippen molar-refractivity contribution >= 4 is 5.97 Å². The summed E-state index contributed by atoms with van der Waals surface area (Å²) in [5.41, 5.74) is 6.21. The lowest BCUT2D eigenvalue weighted by Gasteiger charge is -2.22. The third-order valence-electron chi connectivity index (χ3n) is 3.11.